The third kappa shape index (κ3) is 5.29. The van der Waals surface area contributed by atoms with E-state index in [9.17, 15) is 14.0 Å². The normalized spacial score (nSPS) is 21.6. The molecule has 2 aliphatic rings. The van der Waals surface area contributed by atoms with E-state index in [1.165, 1.54) is 6.07 Å². The molecule has 4 rings (SSSR count). The maximum absolute atomic E-state index is 13.9. The van der Waals surface area contributed by atoms with Crippen LogP contribution in [-0.2, 0) is 16.0 Å². The smallest absolute Gasteiger partial charge is 0.227 e. The average Bonchev–Trinajstić information content (AvgIpc) is 3.25. The van der Waals surface area contributed by atoms with Crippen molar-refractivity contribution in [3.63, 3.8) is 0 Å². The maximum Gasteiger partial charge on any atom is 0.227 e. The molecule has 2 atom stereocenters. The number of likely N-dealkylation sites (tertiary alicyclic amines) is 2. The van der Waals surface area contributed by atoms with Crippen LogP contribution in [0, 0.1) is 23.6 Å². The van der Waals surface area contributed by atoms with Crippen LogP contribution in [-0.4, -0.2) is 54.4 Å². The molecule has 6 heteroatoms. The van der Waals surface area contributed by atoms with E-state index in [2.05, 4.69) is 0 Å². The van der Waals surface area contributed by atoms with Crippen molar-refractivity contribution in [1.82, 2.24) is 9.80 Å². The lowest BCUT2D eigenvalue weighted by Gasteiger charge is -2.36. The molecule has 2 saturated heterocycles. The number of hydrogen-bond donors (Lipinski definition) is 0. The highest BCUT2D eigenvalue weighted by Crippen LogP contribution is 2.36. The Morgan fingerprint density at radius 2 is 1.66 bits per heavy atom. The average molecular weight is 439 g/mol. The molecule has 0 spiro atoms. The van der Waals surface area contributed by atoms with Gasteiger partial charge in [0.2, 0.25) is 11.8 Å². The first-order chi connectivity index (χ1) is 15.5. The monoisotopic (exact) mass is 438 g/mol. The van der Waals surface area contributed by atoms with Crippen LogP contribution >= 0.6 is 0 Å². The first-order valence-electron chi connectivity index (χ1n) is 11.5. The fourth-order valence-electron chi connectivity index (χ4n) is 5.08. The minimum Gasteiger partial charge on any atom is -0.493 e. The minimum atomic E-state index is -0.327. The van der Waals surface area contributed by atoms with Crippen molar-refractivity contribution < 1.29 is 18.7 Å². The van der Waals surface area contributed by atoms with Gasteiger partial charge in [-0.25, -0.2) is 4.39 Å². The van der Waals surface area contributed by atoms with Crippen LogP contribution in [0.1, 0.15) is 25.3 Å². The summed E-state index contributed by atoms with van der Waals surface area (Å²) in [4.78, 5) is 28.5. The lowest BCUT2D eigenvalue weighted by Crippen LogP contribution is -2.42. The zero-order chi connectivity index (χ0) is 22.5. The maximum atomic E-state index is 13.9. The lowest BCUT2D eigenvalue weighted by atomic mass is 9.78. The van der Waals surface area contributed by atoms with Gasteiger partial charge in [-0.05, 0) is 48.4 Å². The van der Waals surface area contributed by atoms with Crippen molar-refractivity contribution in [3.8, 4) is 5.75 Å². The number of piperidine rings is 1. The van der Waals surface area contributed by atoms with Crippen molar-refractivity contribution in [1.29, 1.82) is 0 Å². The standard InChI is InChI=1S/C26H31FN2O3/c1-19(30)29-16-22(18-32-23-8-3-2-4-9-23)24(17-29)20-11-13-28(14-12-20)26(31)15-21-7-5-6-10-25(21)27/h2-10,20,22,24H,11-18H2,1H3. The van der Waals surface area contributed by atoms with Gasteiger partial charge in [-0.1, -0.05) is 36.4 Å². The lowest BCUT2D eigenvalue weighted by molar-refractivity contribution is -0.132. The number of hydrogen-bond acceptors (Lipinski definition) is 3. The van der Waals surface area contributed by atoms with Crippen molar-refractivity contribution in [3.05, 3.63) is 66.0 Å². The summed E-state index contributed by atoms with van der Waals surface area (Å²) in [7, 11) is 0. The SMILES string of the molecule is CC(=O)N1CC(COc2ccccc2)C(C2CCN(C(=O)Cc3ccccc3F)CC2)C1. The Hall–Kier alpha value is -2.89. The molecule has 2 unspecified atom stereocenters. The van der Waals surface area contributed by atoms with Gasteiger partial charge < -0.3 is 14.5 Å². The van der Waals surface area contributed by atoms with E-state index in [1.807, 2.05) is 40.1 Å². The number of carbonyl (C=O) groups excluding carboxylic acids is 2. The van der Waals surface area contributed by atoms with Gasteiger partial charge in [0.15, 0.2) is 0 Å². The van der Waals surface area contributed by atoms with Crippen molar-refractivity contribution in [2.24, 2.45) is 17.8 Å². The molecule has 2 fully saturated rings. The number of rotatable bonds is 6. The van der Waals surface area contributed by atoms with Gasteiger partial charge in [0.1, 0.15) is 11.6 Å². The highest BCUT2D eigenvalue weighted by Gasteiger charge is 2.40. The van der Waals surface area contributed by atoms with Crippen LogP contribution in [0.25, 0.3) is 0 Å². The number of benzene rings is 2. The molecule has 0 aromatic heterocycles. The van der Waals surface area contributed by atoms with Crippen LogP contribution < -0.4 is 4.74 Å². The molecule has 0 saturated carbocycles. The zero-order valence-electron chi connectivity index (χ0n) is 18.6. The van der Waals surface area contributed by atoms with E-state index >= 15 is 0 Å². The van der Waals surface area contributed by atoms with Gasteiger partial charge in [-0.15, -0.1) is 0 Å². The Labute approximate surface area is 189 Å². The number of amides is 2. The largest absolute Gasteiger partial charge is 0.493 e. The molecule has 2 aliphatic heterocycles. The second-order valence-corrected chi connectivity index (χ2v) is 8.96. The van der Waals surface area contributed by atoms with Gasteiger partial charge in [0.05, 0.1) is 13.0 Å². The van der Waals surface area contributed by atoms with Gasteiger partial charge in [-0.3, -0.25) is 9.59 Å². The molecule has 32 heavy (non-hydrogen) atoms. The molecular formula is C26H31FN2O3. The number of ether oxygens (including phenoxy) is 1. The number of carbonyl (C=O) groups is 2. The molecule has 2 aromatic carbocycles. The van der Waals surface area contributed by atoms with Crippen LogP contribution in [0.2, 0.25) is 0 Å². The quantitative estimate of drug-likeness (QED) is 0.690. The molecule has 2 amide bonds. The van der Waals surface area contributed by atoms with Gasteiger partial charge >= 0.3 is 0 Å². The Kier molecular flexibility index (Phi) is 7.08. The van der Waals surface area contributed by atoms with Gasteiger partial charge in [0.25, 0.3) is 0 Å². The number of halogens is 1. The van der Waals surface area contributed by atoms with E-state index in [0.717, 1.165) is 31.7 Å². The van der Waals surface area contributed by atoms with Crippen LogP contribution in [0.5, 0.6) is 5.75 Å². The van der Waals surface area contributed by atoms with Crippen LogP contribution in [0.15, 0.2) is 54.6 Å². The molecule has 0 radical (unpaired) electrons. The molecular weight excluding hydrogens is 407 g/mol. The summed E-state index contributed by atoms with van der Waals surface area (Å²) in [5.41, 5.74) is 0.450. The van der Waals surface area contributed by atoms with Crippen molar-refractivity contribution in [2.75, 3.05) is 32.8 Å². The van der Waals surface area contributed by atoms with E-state index in [-0.39, 0.29) is 30.0 Å². The third-order valence-electron chi connectivity index (χ3n) is 6.94. The number of para-hydroxylation sites is 1. The summed E-state index contributed by atoms with van der Waals surface area (Å²) in [6, 6.07) is 16.2. The Morgan fingerprint density at radius 1 is 0.969 bits per heavy atom. The summed E-state index contributed by atoms with van der Waals surface area (Å²) in [5, 5.41) is 0. The molecule has 170 valence electrons. The Morgan fingerprint density at radius 3 is 2.34 bits per heavy atom. The van der Waals surface area contributed by atoms with Gasteiger partial charge in [0, 0.05) is 39.0 Å². The molecule has 0 N–H and O–H groups in total. The Balaban J connectivity index is 1.34. The highest BCUT2D eigenvalue weighted by atomic mass is 19.1. The second kappa shape index (κ2) is 10.2. The van der Waals surface area contributed by atoms with E-state index in [4.69, 9.17) is 4.74 Å². The molecule has 2 heterocycles. The van der Waals surface area contributed by atoms with E-state index < -0.39 is 0 Å². The summed E-state index contributed by atoms with van der Waals surface area (Å²) >= 11 is 0. The molecule has 2 aromatic rings. The van der Waals surface area contributed by atoms with E-state index in [1.54, 1.807) is 25.1 Å². The Bertz CT molecular complexity index is 928. The zero-order valence-corrected chi connectivity index (χ0v) is 18.6. The second-order valence-electron chi connectivity index (χ2n) is 8.96. The summed E-state index contributed by atoms with van der Waals surface area (Å²) < 4.78 is 19.9. The number of nitrogens with zero attached hydrogens (tertiary/aromatic N) is 2. The summed E-state index contributed by atoms with van der Waals surface area (Å²) in [5.74, 6) is 1.70. The van der Waals surface area contributed by atoms with E-state index in [0.29, 0.717) is 37.1 Å². The van der Waals surface area contributed by atoms with Crippen molar-refractivity contribution in [2.45, 2.75) is 26.2 Å². The fraction of sp³-hybridized carbons (Fsp3) is 0.462. The molecule has 0 aliphatic carbocycles. The van der Waals surface area contributed by atoms with Crippen molar-refractivity contribution >= 4 is 11.8 Å². The van der Waals surface area contributed by atoms with Gasteiger partial charge in [-0.2, -0.15) is 0 Å². The highest BCUT2D eigenvalue weighted by molar-refractivity contribution is 5.79. The third-order valence-corrected chi connectivity index (χ3v) is 6.94. The predicted molar refractivity (Wildman–Crippen MR) is 121 cm³/mol. The summed E-state index contributed by atoms with van der Waals surface area (Å²) in [6.45, 7) is 5.05. The summed E-state index contributed by atoms with van der Waals surface area (Å²) in [6.07, 6.45) is 1.91. The fourth-order valence-corrected chi connectivity index (χ4v) is 5.08. The molecule has 0 bridgehead atoms. The minimum absolute atomic E-state index is 0.0192. The van der Waals surface area contributed by atoms with Crippen LogP contribution in [0.4, 0.5) is 4.39 Å². The first kappa shape index (κ1) is 22.3. The molecule has 5 nitrogen and oxygen atoms in total. The first-order valence-corrected chi connectivity index (χ1v) is 11.5. The topological polar surface area (TPSA) is 49.9 Å². The van der Waals surface area contributed by atoms with Crippen LogP contribution in [0.3, 0.4) is 0 Å². The predicted octanol–water partition coefficient (Wildman–Crippen LogP) is 3.78.